The molecule has 33 heavy (non-hydrogen) atoms. The number of methoxy groups -OCH3 is 2. The molecular weight excluding hydrogens is 428 g/mol. The molecule has 1 fully saturated rings. The zero-order valence-corrected chi connectivity index (χ0v) is 19.8. The Morgan fingerprint density at radius 1 is 1.30 bits per heavy atom. The summed E-state index contributed by atoms with van der Waals surface area (Å²) >= 11 is 0. The predicted octanol–water partition coefficient (Wildman–Crippen LogP) is 2.41. The Hall–Kier alpha value is -2.95. The van der Waals surface area contributed by atoms with Gasteiger partial charge in [-0.25, -0.2) is 4.79 Å². The maximum absolute atomic E-state index is 12.8. The number of carbonyl (C=O) groups is 2. The van der Waals surface area contributed by atoms with Crippen LogP contribution in [0.2, 0.25) is 0 Å². The summed E-state index contributed by atoms with van der Waals surface area (Å²) in [5, 5.41) is 2.75. The monoisotopic (exact) mass is 460 g/mol. The van der Waals surface area contributed by atoms with Gasteiger partial charge in [0.15, 0.2) is 5.69 Å². The molecule has 10 nitrogen and oxygen atoms in total. The van der Waals surface area contributed by atoms with Crippen molar-refractivity contribution in [2.45, 2.75) is 25.9 Å². The first-order valence-electron chi connectivity index (χ1n) is 10.8. The van der Waals surface area contributed by atoms with E-state index in [0.717, 1.165) is 12.1 Å². The molecule has 0 saturated carbocycles. The highest BCUT2D eigenvalue weighted by molar-refractivity contribution is 6.07. The topological polar surface area (TPSA) is 106 Å². The molecule has 0 atom stereocenters. The fourth-order valence-electron chi connectivity index (χ4n) is 3.54. The third kappa shape index (κ3) is 6.10. The summed E-state index contributed by atoms with van der Waals surface area (Å²) in [6.45, 7) is 8.07. The van der Waals surface area contributed by atoms with Crippen LogP contribution in [0.4, 0.5) is 11.7 Å². The first-order valence-corrected chi connectivity index (χ1v) is 10.8. The zero-order valence-electron chi connectivity index (χ0n) is 19.8. The molecule has 2 heterocycles. The number of likely N-dealkylation sites (N-methyl/N-ethyl adjacent to an activating group) is 1. The van der Waals surface area contributed by atoms with Gasteiger partial charge in [-0.2, -0.15) is 4.98 Å². The van der Waals surface area contributed by atoms with Gasteiger partial charge >= 0.3 is 5.97 Å². The smallest absolute Gasteiger partial charge is 0.339 e. The van der Waals surface area contributed by atoms with E-state index in [1.807, 2.05) is 6.07 Å². The van der Waals surface area contributed by atoms with Crippen molar-refractivity contribution in [1.82, 2.24) is 9.88 Å². The number of hydrogen-bond donors (Lipinski definition) is 1. The first kappa shape index (κ1) is 24.7. The average molecular weight is 461 g/mol. The summed E-state index contributed by atoms with van der Waals surface area (Å²) in [6, 6.07) is 5.65. The maximum Gasteiger partial charge on any atom is 0.339 e. The van der Waals surface area contributed by atoms with Crippen molar-refractivity contribution in [2.75, 3.05) is 64.4 Å². The molecule has 1 aliphatic rings. The van der Waals surface area contributed by atoms with Crippen LogP contribution in [-0.4, -0.2) is 81.5 Å². The molecule has 1 aromatic heterocycles. The van der Waals surface area contributed by atoms with Crippen LogP contribution in [0.25, 0.3) is 0 Å². The van der Waals surface area contributed by atoms with Crippen molar-refractivity contribution in [2.24, 2.45) is 0 Å². The molecule has 1 amide bonds. The normalized spacial score (nSPS) is 15.8. The second-order valence-electron chi connectivity index (χ2n) is 8.54. The molecule has 1 aliphatic heterocycles. The fourth-order valence-corrected chi connectivity index (χ4v) is 3.54. The molecule has 180 valence electrons. The lowest BCUT2D eigenvalue weighted by Gasteiger charge is -2.42. The van der Waals surface area contributed by atoms with Crippen LogP contribution in [0.1, 0.15) is 40.3 Å². The molecule has 10 heteroatoms. The second kappa shape index (κ2) is 10.8. The van der Waals surface area contributed by atoms with Gasteiger partial charge in [-0.05, 0) is 31.5 Å². The predicted molar refractivity (Wildman–Crippen MR) is 123 cm³/mol. The van der Waals surface area contributed by atoms with E-state index in [1.165, 1.54) is 13.4 Å². The molecular formula is C23H32N4O6. The third-order valence-corrected chi connectivity index (χ3v) is 5.61. The Morgan fingerprint density at radius 2 is 2.09 bits per heavy atom. The summed E-state index contributed by atoms with van der Waals surface area (Å²) in [6.07, 6.45) is 1.28. The van der Waals surface area contributed by atoms with Gasteiger partial charge in [0.1, 0.15) is 6.26 Å². The van der Waals surface area contributed by atoms with Crippen molar-refractivity contribution < 1.29 is 28.2 Å². The van der Waals surface area contributed by atoms with Crippen LogP contribution in [0.5, 0.6) is 0 Å². The van der Waals surface area contributed by atoms with Crippen LogP contribution in [-0.2, 0) is 20.8 Å². The number of anilines is 2. The molecule has 0 aliphatic carbocycles. The van der Waals surface area contributed by atoms with Crippen molar-refractivity contribution in [1.29, 1.82) is 0 Å². The van der Waals surface area contributed by atoms with Crippen molar-refractivity contribution >= 4 is 23.6 Å². The summed E-state index contributed by atoms with van der Waals surface area (Å²) in [5.41, 5.74) is 1.54. The van der Waals surface area contributed by atoms with E-state index in [0.29, 0.717) is 44.6 Å². The number of carbonyl (C=O) groups excluding carboxylic acids is 2. The lowest BCUT2D eigenvalue weighted by atomic mass is 10.0. The quantitative estimate of drug-likeness (QED) is 0.565. The van der Waals surface area contributed by atoms with Crippen LogP contribution >= 0.6 is 0 Å². The number of nitrogens with one attached hydrogen (secondary N) is 1. The highest BCUT2D eigenvalue weighted by Gasteiger charge is 2.30. The Balaban J connectivity index is 1.76. The Labute approximate surface area is 193 Å². The van der Waals surface area contributed by atoms with Crippen molar-refractivity contribution in [3.8, 4) is 0 Å². The van der Waals surface area contributed by atoms with E-state index >= 15 is 0 Å². The first-order chi connectivity index (χ1) is 15.7. The minimum Gasteiger partial charge on any atom is -0.465 e. The molecule has 0 bridgehead atoms. The number of rotatable bonds is 9. The molecule has 1 N–H and O–H groups in total. The van der Waals surface area contributed by atoms with E-state index in [-0.39, 0.29) is 16.8 Å². The number of esters is 1. The van der Waals surface area contributed by atoms with Gasteiger partial charge < -0.3 is 28.8 Å². The summed E-state index contributed by atoms with van der Waals surface area (Å²) in [7, 11) is 4.70. The second-order valence-corrected chi connectivity index (χ2v) is 8.54. The fraction of sp³-hybridized carbons (Fsp3) is 0.522. The van der Waals surface area contributed by atoms with Gasteiger partial charge in [-0.15, -0.1) is 0 Å². The molecule has 0 radical (unpaired) electrons. The number of benzene rings is 1. The average Bonchev–Trinajstić information content (AvgIpc) is 3.30. The highest BCUT2D eigenvalue weighted by atomic mass is 16.5. The van der Waals surface area contributed by atoms with Crippen molar-refractivity contribution in [3.63, 3.8) is 0 Å². The number of ether oxygens (including phenoxy) is 3. The van der Waals surface area contributed by atoms with E-state index in [4.69, 9.17) is 18.6 Å². The summed E-state index contributed by atoms with van der Waals surface area (Å²) in [4.78, 5) is 33.5. The van der Waals surface area contributed by atoms with Crippen LogP contribution in [0.3, 0.4) is 0 Å². The standard InChI is InChI=1S/C23H32N4O6/c1-23(2)15-32-11-9-27(23)13-16-6-7-18(17(12-16)21(29)31-5)24-20(28)19-14-33-22(25-19)26(3)8-10-30-4/h6-7,12,14H,8-11,13,15H2,1-5H3,(H,24,28). The number of aromatic nitrogens is 1. The van der Waals surface area contributed by atoms with E-state index in [2.05, 4.69) is 29.0 Å². The Bertz CT molecular complexity index is 974. The lowest BCUT2D eigenvalue weighted by molar-refractivity contribution is -0.0552. The maximum atomic E-state index is 12.8. The minimum absolute atomic E-state index is 0.101. The Kier molecular flexibility index (Phi) is 8.06. The molecule has 0 spiro atoms. The van der Waals surface area contributed by atoms with Crippen LogP contribution in [0.15, 0.2) is 28.9 Å². The SMILES string of the molecule is COCCN(C)c1nc(C(=O)Nc2ccc(CN3CCOCC3(C)C)cc2C(=O)OC)co1. The third-order valence-electron chi connectivity index (χ3n) is 5.61. The summed E-state index contributed by atoms with van der Waals surface area (Å²) < 4.78 is 21.0. The summed E-state index contributed by atoms with van der Waals surface area (Å²) in [5.74, 6) is -1.02. The van der Waals surface area contributed by atoms with E-state index in [1.54, 1.807) is 31.2 Å². The van der Waals surface area contributed by atoms with Gasteiger partial charge in [-0.3, -0.25) is 9.69 Å². The molecule has 3 rings (SSSR count). The van der Waals surface area contributed by atoms with Crippen molar-refractivity contribution in [3.05, 3.63) is 41.3 Å². The van der Waals surface area contributed by atoms with Gasteiger partial charge in [0, 0.05) is 39.3 Å². The molecule has 1 saturated heterocycles. The molecule has 0 unspecified atom stereocenters. The number of nitrogens with zero attached hydrogens (tertiary/aromatic N) is 3. The largest absolute Gasteiger partial charge is 0.465 e. The highest BCUT2D eigenvalue weighted by Crippen LogP contribution is 2.25. The number of hydrogen-bond acceptors (Lipinski definition) is 9. The van der Waals surface area contributed by atoms with Gasteiger partial charge in [0.05, 0.1) is 38.2 Å². The number of morpholine rings is 1. The van der Waals surface area contributed by atoms with E-state index in [9.17, 15) is 9.59 Å². The molecule has 2 aromatic rings. The van der Waals surface area contributed by atoms with Crippen LogP contribution < -0.4 is 10.2 Å². The van der Waals surface area contributed by atoms with Crippen LogP contribution in [0, 0.1) is 0 Å². The van der Waals surface area contributed by atoms with Gasteiger partial charge in [-0.1, -0.05) is 6.07 Å². The van der Waals surface area contributed by atoms with Gasteiger partial charge in [0.2, 0.25) is 0 Å². The minimum atomic E-state index is -0.534. The van der Waals surface area contributed by atoms with Gasteiger partial charge in [0.25, 0.3) is 11.9 Å². The lowest BCUT2D eigenvalue weighted by Crippen LogP contribution is -2.52. The Morgan fingerprint density at radius 3 is 2.79 bits per heavy atom. The number of oxazole rings is 1. The molecule has 1 aromatic carbocycles. The van der Waals surface area contributed by atoms with E-state index < -0.39 is 11.9 Å². The number of amides is 1. The zero-order chi connectivity index (χ0) is 24.0.